The lowest BCUT2D eigenvalue weighted by molar-refractivity contribution is -0.148. The van der Waals surface area contributed by atoms with Crippen LogP contribution in [0.1, 0.15) is 25.7 Å². The molecule has 2 amide bonds. The van der Waals surface area contributed by atoms with Crippen molar-refractivity contribution in [1.82, 2.24) is 19.8 Å². The predicted molar refractivity (Wildman–Crippen MR) is 93.1 cm³/mol. The largest absolute Gasteiger partial charge is 0.338 e. The van der Waals surface area contributed by atoms with Gasteiger partial charge in [0.1, 0.15) is 0 Å². The minimum Gasteiger partial charge on any atom is -0.338 e. The zero-order valence-electron chi connectivity index (χ0n) is 13.8. The second-order valence-electron chi connectivity index (χ2n) is 6.02. The summed E-state index contributed by atoms with van der Waals surface area (Å²) in [6.07, 6.45) is 6.11. The van der Waals surface area contributed by atoms with Gasteiger partial charge in [-0.2, -0.15) is 0 Å². The van der Waals surface area contributed by atoms with Crippen molar-refractivity contribution < 1.29 is 9.59 Å². The van der Waals surface area contributed by atoms with Gasteiger partial charge in [0.2, 0.25) is 17.8 Å². The Morgan fingerprint density at radius 2 is 1.54 bits per heavy atom. The molecule has 2 saturated heterocycles. The molecule has 0 atom stereocenters. The van der Waals surface area contributed by atoms with E-state index in [1.54, 1.807) is 12.4 Å². The van der Waals surface area contributed by atoms with Crippen LogP contribution in [0, 0.1) is 0 Å². The second kappa shape index (κ2) is 8.94. The Morgan fingerprint density at radius 3 is 2.17 bits per heavy atom. The Balaban J connectivity index is 0.00000208. The molecule has 3 rings (SSSR count). The van der Waals surface area contributed by atoms with E-state index >= 15 is 0 Å². The summed E-state index contributed by atoms with van der Waals surface area (Å²) in [6, 6.07) is 1.82. The van der Waals surface area contributed by atoms with Crippen molar-refractivity contribution in [2.75, 3.05) is 44.2 Å². The minimum absolute atomic E-state index is 0. The molecule has 0 unspecified atom stereocenters. The highest BCUT2D eigenvalue weighted by molar-refractivity contribution is 5.97. The molecule has 1 aromatic rings. The third kappa shape index (κ3) is 4.64. The molecule has 0 saturated carbocycles. The van der Waals surface area contributed by atoms with Crippen molar-refractivity contribution in [1.29, 1.82) is 0 Å². The Bertz CT molecular complexity index is 533. The van der Waals surface area contributed by atoms with Gasteiger partial charge in [-0.25, -0.2) is 9.97 Å². The molecule has 0 aliphatic carbocycles. The number of carbonyl (C=O) groups is 2. The highest BCUT2D eigenvalue weighted by atomic mass is 35.5. The lowest BCUT2D eigenvalue weighted by Crippen LogP contribution is -2.48. The summed E-state index contributed by atoms with van der Waals surface area (Å²) in [5.41, 5.74) is 0. The number of rotatable bonds is 5. The van der Waals surface area contributed by atoms with Gasteiger partial charge in [0, 0.05) is 58.0 Å². The van der Waals surface area contributed by atoms with Crippen molar-refractivity contribution in [2.24, 2.45) is 0 Å². The lowest BCUT2D eigenvalue weighted by atomic mass is 10.1. The molecule has 2 aliphatic rings. The third-order valence-corrected chi connectivity index (χ3v) is 4.45. The van der Waals surface area contributed by atoms with Gasteiger partial charge in [-0.15, -0.1) is 12.4 Å². The number of piperazine rings is 1. The van der Waals surface area contributed by atoms with Crippen molar-refractivity contribution in [3.63, 3.8) is 0 Å². The third-order valence-electron chi connectivity index (χ3n) is 4.45. The summed E-state index contributed by atoms with van der Waals surface area (Å²) in [5, 5.41) is 0. The van der Waals surface area contributed by atoms with Gasteiger partial charge in [0.15, 0.2) is 0 Å². The lowest BCUT2D eigenvalue weighted by Gasteiger charge is -2.35. The number of hydrogen-bond acceptors (Lipinski definition) is 6. The summed E-state index contributed by atoms with van der Waals surface area (Å²) >= 11 is 0. The van der Waals surface area contributed by atoms with Crippen molar-refractivity contribution >= 4 is 30.2 Å². The first-order valence-electron chi connectivity index (χ1n) is 8.31. The highest BCUT2D eigenvalue weighted by Crippen LogP contribution is 2.13. The van der Waals surface area contributed by atoms with Crippen LogP contribution in [-0.2, 0) is 9.59 Å². The smallest absolute Gasteiger partial charge is 0.229 e. The van der Waals surface area contributed by atoms with Gasteiger partial charge >= 0.3 is 0 Å². The number of piperidine rings is 1. The number of hydrogen-bond donors (Lipinski definition) is 0. The maximum absolute atomic E-state index is 11.8. The fraction of sp³-hybridized carbons (Fsp3) is 0.625. The van der Waals surface area contributed by atoms with Gasteiger partial charge in [-0.05, 0) is 25.5 Å². The molecule has 1 aromatic heterocycles. The first-order chi connectivity index (χ1) is 11.2. The maximum atomic E-state index is 11.8. The number of likely N-dealkylation sites (tertiary alicyclic amines) is 1. The van der Waals surface area contributed by atoms with E-state index in [9.17, 15) is 9.59 Å². The van der Waals surface area contributed by atoms with Gasteiger partial charge in [-0.1, -0.05) is 0 Å². The maximum Gasteiger partial charge on any atom is 0.229 e. The summed E-state index contributed by atoms with van der Waals surface area (Å²) in [5.74, 6) is 0.774. The summed E-state index contributed by atoms with van der Waals surface area (Å²) in [6.45, 7) is 5.21. The van der Waals surface area contributed by atoms with Crippen molar-refractivity contribution in [3.05, 3.63) is 18.5 Å². The summed E-state index contributed by atoms with van der Waals surface area (Å²) < 4.78 is 0. The molecule has 24 heavy (non-hydrogen) atoms. The zero-order chi connectivity index (χ0) is 16.1. The second-order valence-corrected chi connectivity index (χ2v) is 6.02. The molecule has 0 radical (unpaired) electrons. The van der Waals surface area contributed by atoms with E-state index in [0.717, 1.165) is 45.1 Å². The number of amides is 2. The summed E-state index contributed by atoms with van der Waals surface area (Å²) in [7, 11) is 0. The van der Waals surface area contributed by atoms with Crippen LogP contribution in [0.15, 0.2) is 18.5 Å². The van der Waals surface area contributed by atoms with Crippen LogP contribution >= 0.6 is 12.4 Å². The van der Waals surface area contributed by atoms with E-state index in [1.807, 2.05) is 6.07 Å². The van der Waals surface area contributed by atoms with Gasteiger partial charge in [-0.3, -0.25) is 19.4 Å². The Hall–Kier alpha value is -1.73. The van der Waals surface area contributed by atoms with Crippen LogP contribution in [-0.4, -0.2) is 70.9 Å². The van der Waals surface area contributed by atoms with Crippen LogP contribution in [0.2, 0.25) is 0 Å². The Kier molecular flexibility index (Phi) is 6.93. The fourth-order valence-electron chi connectivity index (χ4n) is 3.13. The van der Waals surface area contributed by atoms with Crippen LogP contribution in [0.3, 0.4) is 0 Å². The van der Waals surface area contributed by atoms with Crippen LogP contribution in [0.5, 0.6) is 0 Å². The molecule has 0 aromatic carbocycles. The average molecular weight is 354 g/mol. The monoisotopic (exact) mass is 353 g/mol. The average Bonchev–Trinajstić information content (AvgIpc) is 2.59. The summed E-state index contributed by atoms with van der Waals surface area (Å²) in [4.78, 5) is 38.1. The van der Waals surface area contributed by atoms with Gasteiger partial charge < -0.3 is 4.90 Å². The first kappa shape index (κ1) is 18.6. The molecule has 0 bridgehead atoms. The van der Waals surface area contributed by atoms with E-state index in [2.05, 4.69) is 19.8 Å². The van der Waals surface area contributed by atoms with Crippen LogP contribution < -0.4 is 4.90 Å². The number of nitrogens with zero attached hydrogens (tertiary/aromatic N) is 5. The molecular formula is C16H24ClN5O2. The first-order valence-corrected chi connectivity index (χ1v) is 8.31. The van der Waals surface area contributed by atoms with E-state index in [4.69, 9.17) is 0 Å². The SMILES string of the molecule is Cl.O=C1CCCC(=O)N1CCCN1CCN(c2ncccn2)CC1. The van der Waals surface area contributed by atoms with E-state index < -0.39 is 0 Å². The Labute approximate surface area is 148 Å². The number of halogens is 1. The van der Waals surface area contributed by atoms with Gasteiger partial charge in [0.05, 0.1) is 0 Å². The number of aromatic nitrogens is 2. The molecule has 2 fully saturated rings. The molecule has 3 heterocycles. The minimum atomic E-state index is -0.00713. The van der Waals surface area contributed by atoms with E-state index in [1.165, 1.54) is 4.90 Å². The molecule has 132 valence electrons. The normalized spacial score (nSPS) is 19.3. The molecule has 2 aliphatic heterocycles. The topological polar surface area (TPSA) is 69.6 Å². The fourth-order valence-corrected chi connectivity index (χ4v) is 3.13. The van der Waals surface area contributed by atoms with Crippen molar-refractivity contribution in [3.8, 4) is 0 Å². The molecular weight excluding hydrogens is 330 g/mol. The molecule has 8 heteroatoms. The van der Waals surface area contributed by atoms with Crippen LogP contribution in [0.25, 0.3) is 0 Å². The standard InChI is InChI=1S/C16H23N5O2.ClH/c22-14-4-1-5-15(23)21(14)9-3-8-19-10-12-20(13-11-19)16-17-6-2-7-18-16;/h2,6-7H,1,3-5,8-13H2;1H. The molecule has 0 N–H and O–H groups in total. The number of imide groups is 1. The van der Waals surface area contributed by atoms with Crippen molar-refractivity contribution in [2.45, 2.75) is 25.7 Å². The molecule has 0 spiro atoms. The van der Waals surface area contributed by atoms with Gasteiger partial charge in [0.25, 0.3) is 0 Å². The Morgan fingerprint density at radius 1 is 0.917 bits per heavy atom. The number of carbonyl (C=O) groups excluding carboxylic acids is 2. The van der Waals surface area contributed by atoms with E-state index in [0.29, 0.717) is 25.8 Å². The zero-order valence-corrected chi connectivity index (χ0v) is 14.6. The highest BCUT2D eigenvalue weighted by Gasteiger charge is 2.25. The molecule has 7 nitrogen and oxygen atoms in total. The number of anilines is 1. The van der Waals surface area contributed by atoms with Crippen LogP contribution in [0.4, 0.5) is 5.95 Å². The quantitative estimate of drug-likeness (QED) is 0.734. The van der Waals surface area contributed by atoms with E-state index in [-0.39, 0.29) is 24.2 Å². The predicted octanol–water partition coefficient (Wildman–Crippen LogP) is 0.950.